The molecule has 1 aliphatic heterocycles. The molecule has 1 aromatic carbocycles. The van der Waals surface area contributed by atoms with Crippen molar-refractivity contribution in [2.45, 2.75) is 44.1 Å². The minimum absolute atomic E-state index is 0.485. The molecule has 1 aliphatic carbocycles. The van der Waals surface area contributed by atoms with Crippen LogP contribution in [0.2, 0.25) is 0 Å². The van der Waals surface area contributed by atoms with Crippen molar-refractivity contribution in [1.29, 1.82) is 0 Å². The van der Waals surface area contributed by atoms with Crippen LogP contribution in [-0.2, 0) is 4.74 Å². The fourth-order valence-electron chi connectivity index (χ4n) is 4.17. The lowest BCUT2D eigenvalue weighted by atomic mass is 9.60. The first kappa shape index (κ1) is 14.6. The van der Waals surface area contributed by atoms with Gasteiger partial charge in [-0.15, -0.1) is 0 Å². The van der Waals surface area contributed by atoms with E-state index in [4.69, 9.17) is 4.74 Å². The van der Waals surface area contributed by atoms with Gasteiger partial charge in [0, 0.05) is 24.0 Å². The fourth-order valence-corrected chi connectivity index (χ4v) is 4.59. The van der Waals surface area contributed by atoms with Gasteiger partial charge < -0.3 is 10.1 Å². The molecular formula is C17H24BrNO. The van der Waals surface area contributed by atoms with Crippen LogP contribution in [0.15, 0.2) is 28.7 Å². The normalized spacial score (nSPS) is 34.3. The fraction of sp³-hybridized carbons (Fsp3) is 0.647. The minimum atomic E-state index is 0.485. The molecule has 1 atom stereocenters. The third-order valence-electron chi connectivity index (χ3n) is 5.40. The van der Waals surface area contributed by atoms with Crippen LogP contribution in [0.4, 0.5) is 0 Å². The molecule has 2 nitrogen and oxygen atoms in total. The number of piperidine rings is 1. The molecule has 1 aromatic rings. The van der Waals surface area contributed by atoms with Crippen molar-refractivity contribution in [3.05, 3.63) is 34.3 Å². The standard InChI is InChI=1S/C17H24BrNO/c1-20-15-5-7-17(8-6-15)9-10-19-12-16(17)13-3-2-4-14(18)11-13/h2-4,11,15-16,19H,5-10,12H2,1H3. The van der Waals surface area contributed by atoms with Gasteiger partial charge in [-0.05, 0) is 61.8 Å². The van der Waals surface area contributed by atoms with Crippen LogP contribution >= 0.6 is 15.9 Å². The highest BCUT2D eigenvalue weighted by Gasteiger charge is 2.43. The van der Waals surface area contributed by atoms with Gasteiger partial charge in [0.15, 0.2) is 0 Å². The Hall–Kier alpha value is -0.380. The van der Waals surface area contributed by atoms with Gasteiger partial charge in [0.05, 0.1) is 6.10 Å². The molecule has 1 saturated heterocycles. The Morgan fingerprint density at radius 1 is 1.25 bits per heavy atom. The van der Waals surface area contributed by atoms with Crippen molar-refractivity contribution in [3.63, 3.8) is 0 Å². The molecule has 1 N–H and O–H groups in total. The third kappa shape index (κ3) is 2.81. The summed E-state index contributed by atoms with van der Waals surface area (Å²) in [6.45, 7) is 2.29. The summed E-state index contributed by atoms with van der Waals surface area (Å²) < 4.78 is 6.76. The van der Waals surface area contributed by atoms with Crippen molar-refractivity contribution in [2.24, 2.45) is 5.41 Å². The lowest BCUT2D eigenvalue weighted by Gasteiger charge is -2.48. The Balaban J connectivity index is 1.84. The average Bonchev–Trinajstić information content (AvgIpc) is 2.48. The maximum Gasteiger partial charge on any atom is 0.0571 e. The monoisotopic (exact) mass is 337 g/mol. The highest BCUT2D eigenvalue weighted by molar-refractivity contribution is 9.10. The number of methoxy groups -OCH3 is 1. The number of halogens is 1. The molecule has 2 fully saturated rings. The molecule has 3 rings (SSSR count). The van der Waals surface area contributed by atoms with E-state index >= 15 is 0 Å². The molecular weight excluding hydrogens is 314 g/mol. The van der Waals surface area contributed by atoms with Crippen molar-refractivity contribution in [1.82, 2.24) is 5.32 Å². The molecule has 1 heterocycles. The second kappa shape index (κ2) is 6.17. The minimum Gasteiger partial charge on any atom is -0.381 e. The van der Waals surface area contributed by atoms with Gasteiger partial charge in [-0.1, -0.05) is 28.1 Å². The first-order chi connectivity index (χ1) is 9.73. The van der Waals surface area contributed by atoms with E-state index in [-0.39, 0.29) is 0 Å². The molecule has 2 aliphatic rings. The summed E-state index contributed by atoms with van der Waals surface area (Å²) in [5.74, 6) is 0.645. The molecule has 110 valence electrons. The smallest absolute Gasteiger partial charge is 0.0571 e. The lowest BCUT2D eigenvalue weighted by molar-refractivity contribution is 0.00443. The number of rotatable bonds is 2. The molecule has 0 radical (unpaired) electrons. The van der Waals surface area contributed by atoms with E-state index in [1.807, 2.05) is 7.11 Å². The van der Waals surface area contributed by atoms with Gasteiger partial charge in [0.25, 0.3) is 0 Å². The lowest BCUT2D eigenvalue weighted by Crippen LogP contribution is -2.46. The van der Waals surface area contributed by atoms with Crippen molar-refractivity contribution in [2.75, 3.05) is 20.2 Å². The Labute approximate surface area is 130 Å². The number of benzene rings is 1. The number of hydrogen-bond donors (Lipinski definition) is 1. The van der Waals surface area contributed by atoms with Crippen LogP contribution in [0, 0.1) is 5.41 Å². The predicted octanol–water partition coefficient (Wildman–Crippen LogP) is 4.10. The topological polar surface area (TPSA) is 21.3 Å². The van der Waals surface area contributed by atoms with Gasteiger partial charge in [-0.25, -0.2) is 0 Å². The van der Waals surface area contributed by atoms with Gasteiger partial charge in [0.1, 0.15) is 0 Å². The van der Waals surface area contributed by atoms with Crippen molar-refractivity contribution < 1.29 is 4.74 Å². The zero-order valence-corrected chi connectivity index (χ0v) is 13.8. The van der Waals surface area contributed by atoms with Crippen LogP contribution < -0.4 is 5.32 Å². The summed E-state index contributed by atoms with van der Waals surface area (Å²) in [4.78, 5) is 0. The predicted molar refractivity (Wildman–Crippen MR) is 86.1 cm³/mol. The van der Waals surface area contributed by atoms with Crippen LogP contribution in [-0.4, -0.2) is 26.3 Å². The molecule has 0 aromatic heterocycles. The van der Waals surface area contributed by atoms with Crippen molar-refractivity contribution in [3.8, 4) is 0 Å². The number of hydrogen-bond acceptors (Lipinski definition) is 2. The Morgan fingerprint density at radius 2 is 2.05 bits per heavy atom. The van der Waals surface area contributed by atoms with Gasteiger partial charge in [-0.3, -0.25) is 0 Å². The van der Waals surface area contributed by atoms with E-state index in [1.54, 1.807) is 0 Å². The molecule has 1 unspecified atom stereocenters. The summed E-state index contributed by atoms with van der Waals surface area (Å²) in [7, 11) is 1.86. The molecule has 0 amide bonds. The molecule has 1 saturated carbocycles. The van der Waals surface area contributed by atoms with Crippen molar-refractivity contribution >= 4 is 15.9 Å². The maximum atomic E-state index is 5.56. The summed E-state index contributed by atoms with van der Waals surface area (Å²) in [6.07, 6.45) is 6.86. The van der Waals surface area contributed by atoms with E-state index in [0.717, 1.165) is 6.54 Å². The largest absolute Gasteiger partial charge is 0.381 e. The maximum absolute atomic E-state index is 5.56. The Bertz CT molecular complexity index is 454. The van der Waals surface area contributed by atoms with Crippen LogP contribution in [0.5, 0.6) is 0 Å². The van der Waals surface area contributed by atoms with Gasteiger partial charge in [0.2, 0.25) is 0 Å². The van der Waals surface area contributed by atoms with Crippen LogP contribution in [0.25, 0.3) is 0 Å². The zero-order valence-electron chi connectivity index (χ0n) is 12.2. The molecule has 20 heavy (non-hydrogen) atoms. The van der Waals surface area contributed by atoms with Gasteiger partial charge in [-0.2, -0.15) is 0 Å². The summed E-state index contributed by atoms with van der Waals surface area (Å²) in [5, 5.41) is 3.60. The average molecular weight is 338 g/mol. The highest BCUT2D eigenvalue weighted by Crippen LogP contribution is 2.51. The third-order valence-corrected chi connectivity index (χ3v) is 5.89. The summed E-state index contributed by atoms with van der Waals surface area (Å²) in [6, 6.07) is 8.89. The van der Waals surface area contributed by atoms with Crippen LogP contribution in [0.3, 0.4) is 0 Å². The summed E-state index contributed by atoms with van der Waals surface area (Å²) >= 11 is 3.62. The van der Waals surface area contributed by atoms with E-state index in [2.05, 4.69) is 45.5 Å². The second-order valence-corrected chi connectivity index (χ2v) is 7.27. The Kier molecular flexibility index (Phi) is 4.49. The Morgan fingerprint density at radius 3 is 2.75 bits per heavy atom. The van der Waals surface area contributed by atoms with Crippen LogP contribution in [0.1, 0.15) is 43.6 Å². The molecule has 1 spiro atoms. The number of ether oxygens (including phenoxy) is 1. The summed E-state index contributed by atoms with van der Waals surface area (Å²) in [5.41, 5.74) is 1.98. The van der Waals surface area contributed by atoms with E-state index in [9.17, 15) is 0 Å². The SMILES string of the molecule is COC1CCC2(CCNCC2c2cccc(Br)c2)CC1. The highest BCUT2D eigenvalue weighted by atomic mass is 79.9. The second-order valence-electron chi connectivity index (χ2n) is 6.36. The molecule has 0 bridgehead atoms. The van der Waals surface area contributed by atoms with E-state index < -0.39 is 0 Å². The van der Waals surface area contributed by atoms with Gasteiger partial charge >= 0.3 is 0 Å². The van der Waals surface area contributed by atoms with E-state index in [0.29, 0.717) is 17.4 Å². The zero-order chi connectivity index (χ0) is 14.0. The van der Waals surface area contributed by atoms with E-state index in [1.165, 1.54) is 48.7 Å². The first-order valence-corrected chi connectivity index (χ1v) is 8.52. The first-order valence-electron chi connectivity index (χ1n) is 7.72. The molecule has 3 heteroatoms. The quantitative estimate of drug-likeness (QED) is 0.877. The number of nitrogens with one attached hydrogen (secondary N) is 1.